The van der Waals surface area contributed by atoms with E-state index in [0.717, 1.165) is 37.2 Å². The van der Waals surface area contributed by atoms with E-state index in [1.165, 1.54) is 4.90 Å². The van der Waals surface area contributed by atoms with Gasteiger partial charge in [0, 0.05) is 13.1 Å². The van der Waals surface area contributed by atoms with Gasteiger partial charge in [-0.05, 0) is 62.8 Å². The van der Waals surface area contributed by atoms with Crippen LogP contribution in [0.1, 0.15) is 18.4 Å². The minimum Gasteiger partial charge on any atom is -0.497 e. The first-order valence-electron chi connectivity index (χ1n) is 11.3. The number of likely N-dealkylation sites (N-methyl/N-ethyl adjacent to an activating group) is 1. The van der Waals surface area contributed by atoms with E-state index in [1.54, 1.807) is 19.2 Å². The second-order valence-electron chi connectivity index (χ2n) is 8.52. The fraction of sp³-hybridized carbons (Fsp3) is 0.385. The molecule has 0 atom stereocenters. The second-order valence-corrected chi connectivity index (χ2v) is 8.52. The van der Waals surface area contributed by atoms with Crippen molar-refractivity contribution < 1.29 is 19.1 Å². The lowest BCUT2D eigenvalue weighted by molar-refractivity contribution is -0.138. The molecular formula is C26H31N3O4. The number of amides is 2. The van der Waals surface area contributed by atoms with Gasteiger partial charge in [0.2, 0.25) is 0 Å². The van der Waals surface area contributed by atoms with Crippen LogP contribution in [0, 0.1) is 0 Å². The summed E-state index contributed by atoms with van der Waals surface area (Å²) >= 11 is 0. The fourth-order valence-electron chi connectivity index (χ4n) is 4.45. The van der Waals surface area contributed by atoms with Crippen LogP contribution in [0.2, 0.25) is 0 Å². The van der Waals surface area contributed by atoms with Gasteiger partial charge >= 0.3 is 0 Å². The highest BCUT2D eigenvalue weighted by Crippen LogP contribution is 2.33. The van der Waals surface area contributed by atoms with Crippen molar-refractivity contribution >= 4 is 17.4 Å². The minimum atomic E-state index is -0.265. The van der Waals surface area contributed by atoms with Crippen LogP contribution in [-0.2, 0) is 9.59 Å². The van der Waals surface area contributed by atoms with Crippen molar-refractivity contribution in [3.05, 3.63) is 65.9 Å². The summed E-state index contributed by atoms with van der Waals surface area (Å²) in [7, 11) is 5.66. The van der Waals surface area contributed by atoms with E-state index in [9.17, 15) is 9.59 Å². The molecule has 0 aromatic heterocycles. The Hall–Kier alpha value is -3.32. The summed E-state index contributed by atoms with van der Waals surface area (Å²) in [5, 5.41) is 0. The summed E-state index contributed by atoms with van der Waals surface area (Å²) in [6, 6.07) is 16.9. The van der Waals surface area contributed by atoms with Gasteiger partial charge in [0.1, 0.15) is 23.8 Å². The third-order valence-corrected chi connectivity index (χ3v) is 6.44. The third kappa shape index (κ3) is 4.88. The Morgan fingerprint density at radius 3 is 2.21 bits per heavy atom. The normalized spacial score (nSPS) is 17.6. The number of ether oxygens (including phenoxy) is 2. The minimum absolute atomic E-state index is 0.185. The van der Waals surface area contributed by atoms with E-state index >= 15 is 0 Å². The van der Waals surface area contributed by atoms with Crippen LogP contribution in [-0.4, -0.2) is 80.0 Å². The average molecular weight is 450 g/mol. The smallest absolute Gasteiger partial charge is 0.277 e. The lowest BCUT2D eigenvalue weighted by atomic mass is 10.0. The molecule has 2 aromatic rings. The Bertz CT molecular complexity index is 1010. The van der Waals surface area contributed by atoms with Crippen LogP contribution in [0.3, 0.4) is 0 Å². The van der Waals surface area contributed by atoms with Crippen LogP contribution in [0.25, 0.3) is 5.57 Å². The fourth-order valence-corrected chi connectivity index (χ4v) is 4.45. The molecule has 2 aliphatic rings. The number of likely N-dealkylation sites (tertiary alicyclic amines) is 1. The Kier molecular flexibility index (Phi) is 6.99. The van der Waals surface area contributed by atoms with Crippen molar-refractivity contribution in [3.63, 3.8) is 0 Å². The SMILES string of the molecule is COc1ccc(OCCN2C(=O)C(c3ccccc3)=C(N(C)C3CCN(C)CC3)C2=O)cc1. The van der Waals surface area contributed by atoms with Crippen LogP contribution >= 0.6 is 0 Å². The summed E-state index contributed by atoms with van der Waals surface area (Å²) < 4.78 is 11.0. The highest BCUT2D eigenvalue weighted by molar-refractivity contribution is 6.35. The van der Waals surface area contributed by atoms with Gasteiger partial charge < -0.3 is 19.3 Å². The molecule has 174 valence electrons. The first kappa shape index (κ1) is 22.9. The molecule has 4 rings (SSSR count). The number of benzene rings is 2. The standard InChI is InChI=1S/C26H31N3O4/c1-27-15-13-20(14-16-27)28(2)24-23(19-7-5-4-6-8-19)25(30)29(26(24)31)17-18-33-22-11-9-21(32-3)10-12-22/h4-12,20H,13-18H2,1-3H3. The molecule has 2 amide bonds. The van der Waals surface area contributed by atoms with E-state index in [1.807, 2.05) is 54.4 Å². The Balaban J connectivity index is 1.52. The van der Waals surface area contributed by atoms with E-state index in [0.29, 0.717) is 17.0 Å². The average Bonchev–Trinajstić information content (AvgIpc) is 3.09. The van der Waals surface area contributed by atoms with Crippen LogP contribution in [0.5, 0.6) is 11.5 Å². The molecule has 0 unspecified atom stereocenters. The molecule has 33 heavy (non-hydrogen) atoms. The molecule has 0 N–H and O–H groups in total. The molecule has 0 radical (unpaired) electrons. The second kappa shape index (κ2) is 10.1. The van der Waals surface area contributed by atoms with Crippen LogP contribution < -0.4 is 9.47 Å². The zero-order chi connectivity index (χ0) is 23.4. The molecule has 0 bridgehead atoms. The number of hydrogen-bond donors (Lipinski definition) is 0. The lowest BCUT2D eigenvalue weighted by Crippen LogP contribution is -2.44. The number of carbonyl (C=O) groups excluding carboxylic acids is 2. The van der Waals surface area contributed by atoms with Crippen molar-refractivity contribution in [1.29, 1.82) is 0 Å². The van der Waals surface area contributed by atoms with Gasteiger partial charge in [-0.1, -0.05) is 30.3 Å². The van der Waals surface area contributed by atoms with E-state index < -0.39 is 0 Å². The molecule has 0 aliphatic carbocycles. The molecule has 2 aliphatic heterocycles. The van der Waals surface area contributed by atoms with Crippen LogP contribution in [0.15, 0.2) is 60.3 Å². The van der Waals surface area contributed by atoms with E-state index in [2.05, 4.69) is 11.9 Å². The van der Waals surface area contributed by atoms with Crippen molar-refractivity contribution in [2.75, 3.05) is 47.4 Å². The zero-order valence-corrected chi connectivity index (χ0v) is 19.5. The van der Waals surface area contributed by atoms with Gasteiger partial charge in [-0.15, -0.1) is 0 Å². The molecule has 0 saturated carbocycles. The van der Waals surface area contributed by atoms with Crippen molar-refractivity contribution in [2.45, 2.75) is 18.9 Å². The number of imide groups is 1. The van der Waals surface area contributed by atoms with Gasteiger partial charge in [-0.2, -0.15) is 0 Å². The molecule has 2 heterocycles. The maximum Gasteiger partial charge on any atom is 0.277 e. The first-order chi connectivity index (χ1) is 16.0. The topological polar surface area (TPSA) is 62.3 Å². The summed E-state index contributed by atoms with van der Waals surface area (Å²) in [6.07, 6.45) is 1.92. The molecule has 0 spiro atoms. The summed E-state index contributed by atoms with van der Waals surface area (Å²) in [5.74, 6) is 0.887. The summed E-state index contributed by atoms with van der Waals surface area (Å²) in [5.41, 5.74) is 1.74. The quantitative estimate of drug-likeness (QED) is 0.578. The first-order valence-corrected chi connectivity index (χ1v) is 11.3. The van der Waals surface area contributed by atoms with Gasteiger partial charge in [0.05, 0.1) is 19.2 Å². The molecule has 7 heteroatoms. The maximum absolute atomic E-state index is 13.5. The monoisotopic (exact) mass is 449 g/mol. The molecular weight excluding hydrogens is 418 g/mol. The summed E-state index contributed by atoms with van der Waals surface area (Å²) in [4.78, 5) is 32.6. The molecule has 7 nitrogen and oxygen atoms in total. The summed E-state index contributed by atoms with van der Waals surface area (Å²) in [6.45, 7) is 2.36. The van der Waals surface area contributed by atoms with Crippen molar-refractivity contribution in [2.24, 2.45) is 0 Å². The van der Waals surface area contributed by atoms with Crippen molar-refractivity contribution in [1.82, 2.24) is 14.7 Å². The molecule has 2 aromatic carbocycles. The van der Waals surface area contributed by atoms with Gasteiger partial charge in [0.15, 0.2) is 0 Å². The Labute approximate surface area is 195 Å². The zero-order valence-electron chi connectivity index (χ0n) is 19.5. The van der Waals surface area contributed by atoms with Gasteiger partial charge in [-0.25, -0.2) is 0 Å². The maximum atomic E-state index is 13.5. The highest BCUT2D eigenvalue weighted by atomic mass is 16.5. The number of piperidine rings is 1. The van der Waals surface area contributed by atoms with E-state index in [4.69, 9.17) is 9.47 Å². The number of nitrogens with zero attached hydrogens (tertiary/aromatic N) is 3. The Morgan fingerprint density at radius 1 is 0.939 bits per heavy atom. The number of hydrogen-bond acceptors (Lipinski definition) is 6. The molecule has 1 fully saturated rings. The van der Waals surface area contributed by atoms with E-state index in [-0.39, 0.29) is 31.0 Å². The van der Waals surface area contributed by atoms with Crippen LogP contribution in [0.4, 0.5) is 0 Å². The number of methoxy groups -OCH3 is 1. The number of carbonyl (C=O) groups is 2. The van der Waals surface area contributed by atoms with Gasteiger partial charge in [0.25, 0.3) is 11.8 Å². The predicted octanol–water partition coefficient (Wildman–Crippen LogP) is 2.88. The lowest BCUT2D eigenvalue weighted by Gasteiger charge is -2.36. The largest absolute Gasteiger partial charge is 0.497 e. The Morgan fingerprint density at radius 2 is 1.58 bits per heavy atom. The van der Waals surface area contributed by atoms with Gasteiger partial charge in [-0.3, -0.25) is 14.5 Å². The third-order valence-electron chi connectivity index (χ3n) is 6.44. The highest BCUT2D eigenvalue weighted by Gasteiger charge is 2.42. The van der Waals surface area contributed by atoms with Crippen molar-refractivity contribution in [3.8, 4) is 11.5 Å². The predicted molar refractivity (Wildman–Crippen MR) is 127 cm³/mol. The number of rotatable bonds is 8. The molecule has 1 saturated heterocycles.